The van der Waals surface area contributed by atoms with Crippen molar-refractivity contribution in [3.63, 3.8) is 0 Å². The number of aromatic carboxylic acids is 1. The number of allylic oxidation sites excluding steroid dienone is 5. The van der Waals surface area contributed by atoms with Gasteiger partial charge in [-0.15, -0.1) is 0 Å². The predicted octanol–water partition coefficient (Wildman–Crippen LogP) is 4.23. The molecule has 1 aliphatic rings. The lowest BCUT2D eigenvalue weighted by atomic mass is 9.93. The molecule has 1 heterocycles. The first kappa shape index (κ1) is 19.3. The van der Waals surface area contributed by atoms with Crippen molar-refractivity contribution < 1.29 is 9.90 Å². The van der Waals surface area contributed by atoms with E-state index >= 15 is 0 Å². The van der Waals surface area contributed by atoms with Crippen LogP contribution in [0.1, 0.15) is 28.5 Å². The summed E-state index contributed by atoms with van der Waals surface area (Å²) in [4.78, 5) is 22.0. The average Bonchev–Trinajstić information content (AvgIpc) is 2.70. The van der Waals surface area contributed by atoms with Crippen molar-refractivity contribution in [1.29, 1.82) is 0 Å². The number of hydrogen-bond donors (Lipinski definition) is 1. The predicted molar refractivity (Wildman–Crippen MR) is 114 cm³/mol. The maximum Gasteiger partial charge on any atom is 0.337 e. The van der Waals surface area contributed by atoms with E-state index in [0.717, 1.165) is 40.3 Å². The molecule has 0 bridgehead atoms. The van der Waals surface area contributed by atoms with E-state index in [4.69, 9.17) is 5.11 Å². The Hall–Kier alpha value is -3.47. The molecular weight excluding hydrogens is 350 g/mol. The van der Waals surface area contributed by atoms with Crippen molar-refractivity contribution >= 4 is 22.9 Å². The van der Waals surface area contributed by atoms with Gasteiger partial charge in [0.15, 0.2) is 0 Å². The number of benzene rings is 1. The second kappa shape index (κ2) is 8.48. The van der Waals surface area contributed by atoms with Gasteiger partial charge in [0.1, 0.15) is 0 Å². The lowest BCUT2D eigenvalue weighted by Crippen LogP contribution is -2.08. The normalized spacial score (nSPS) is 12.8. The summed E-state index contributed by atoms with van der Waals surface area (Å²) in [6.45, 7) is 2.74. The molecule has 28 heavy (non-hydrogen) atoms. The first-order valence-electron chi connectivity index (χ1n) is 9.12. The number of carbonyl (C=O) groups is 1. The summed E-state index contributed by atoms with van der Waals surface area (Å²) in [5.41, 5.74) is 5.90. The summed E-state index contributed by atoms with van der Waals surface area (Å²) < 4.78 is 0. The Kier molecular flexibility index (Phi) is 5.84. The Morgan fingerprint density at radius 3 is 2.14 bits per heavy atom. The number of aliphatic imine (C=N–C) groups is 1. The van der Waals surface area contributed by atoms with E-state index in [2.05, 4.69) is 34.2 Å². The zero-order valence-corrected chi connectivity index (χ0v) is 16.3. The molecule has 5 heteroatoms. The molecule has 0 saturated heterocycles. The molecule has 3 rings (SSSR count). The Balaban J connectivity index is 2.10. The number of pyridine rings is 1. The molecule has 0 spiro atoms. The standard InChI is InChI=1S/C23H23N3O2/c1-4-24-19-10-5-16(6-11-19)22(17-7-12-20(13-8-17)26(2)3)21-14-9-18(15-25-21)23(27)28/h5-15H,4H2,1-3H3,(H,27,28). The fourth-order valence-corrected chi connectivity index (χ4v) is 2.97. The second-order valence-electron chi connectivity index (χ2n) is 6.57. The molecule has 1 aliphatic carbocycles. The number of anilines is 1. The zero-order chi connectivity index (χ0) is 20.1. The van der Waals surface area contributed by atoms with Crippen molar-refractivity contribution in [2.75, 3.05) is 25.5 Å². The summed E-state index contributed by atoms with van der Waals surface area (Å²) >= 11 is 0. The van der Waals surface area contributed by atoms with Crippen molar-refractivity contribution in [3.8, 4) is 0 Å². The van der Waals surface area contributed by atoms with Gasteiger partial charge in [0.05, 0.1) is 17.0 Å². The van der Waals surface area contributed by atoms with Crippen LogP contribution in [0.3, 0.4) is 0 Å². The van der Waals surface area contributed by atoms with Crippen LogP contribution in [-0.2, 0) is 0 Å². The van der Waals surface area contributed by atoms with E-state index in [-0.39, 0.29) is 5.56 Å². The molecule has 0 unspecified atom stereocenters. The third-order valence-electron chi connectivity index (χ3n) is 4.44. The molecule has 2 aromatic rings. The summed E-state index contributed by atoms with van der Waals surface area (Å²) in [6, 6.07) is 11.6. The molecule has 0 amide bonds. The van der Waals surface area contributed by atoms with Crippen LogP contribution >= 0.6 is 0 Å². The number of aromatic nitrogens is 1. The van der Waals surface area contributed by atoms with E-state index < -0.39 is 5.97 Å². The minimum Gasteiger partial charge on any atom is -0.478 e. The van der Waals surface area contributed by atoms with E-state index in [1.165, 1.54) is 6.20 Å². The molecule has 0 aliphatic heterocycles. The zero-order valence-electron chi connectivity index (χ0n) is 16.3. The van der Waals surface area contributed by atoms with Gasteiger partial charge in [-0.1, -0.05) is 24.3 Å². The fourth-order valence-electron chi connectivity index (χ4n) is 2.97. The van der Waals surface area contributed by atoms with Crippen LogP contribution in [0.15, 0.2) is 77.5 Å². The Bertz CT molecular complexity index is 962. The summed E-state index contributed by atoms with van der Waals surface area (Å²) in [5.74, 6) is -0.985. The summed E-state index contributed by atoms with van der Waals surface area (Å²) in [6.07, 6.45) is 9.41. The quantitative estimate of drug-likeness (QED) is 0.852. The molecule has 1 N–H and O–H groups in total. The van der Waals surface area contributed by atoms with Crippen molar-refractivity contribution in [2.24, 2.45) is 4.99 Å². The molecule has 0 fully saturated rings. The average molecular weight is 373 g/mol. The Morgan fingerprint density at radius 1 is 1.00 bits per heavy atom. The molecule has 142 valence electrons. The van der Waals surface area contributed by atoms with Gasteiger partial charge in [-0.3, -0.25) is 9.98 Å². The molecule has 5 nitrogen and oxygen atoms in total. The van der Waals surface area contributed by atoms with Crippen LogP contribution in [0.5, 0.6) is 0 Å². The van der Waals surface area contributed by atoms with Gasteiger partial charge in [-0.2, -0.15) is 0 Å². The van der Waals surface area contributed by atoms with Crippen LogP contribution in [0.2, 0.25) is 0 Å². The van der Waals surface area contributed by atoms with Crippen LogP contribution in [-0.4, -0.2) is 42.4 Å². The molecule has 0 atom stereocenters. The lowest BCUT2D eigenvalue weighted by Gasteiger charge is -2.16. The smallest absolute Gasteiger partial charge is 0.337 e. The highest BCUT2D eigenvalue weighted by Gasteiger charge is 2.14. The molecule has 0 radical (unpaired) electrons. The second-order valence-corrected chi connectivity index (χ2v) is 6.57. The number of carboxylic acids is 1. The monoisotopic (exact) mass is 373 g/mol. The van der Waals surface area contributed by atoms with Crippen LogP contribution < -0.4 is 4.90 Å². The first-order chi connectivity index (χ1) is 13.5. The highest BCUT2D eigenvalue weighted by Crippen LogP contribution is 2.29. The Morgan fingerprint density at radius 2 is 1.64 bits per heavy atom. The highest BCUT2D eigenvalue weighted by atomic mass is 16.4. The topological polar surface area (TPSA) is 65.8 Å². The first-order valence-corrected chi connectivity index (χ1v) is 9.12. The number of nitrogens with zero attached hydrogens (tertiary/aromatic N) is 3. The van der Waals surface area contributed by atoms with Gasteiger partial charge in [-0.05, 0) is 54.5 Å². The van der Waals surface area contributed by atoms with Gasteiger partial charge in [0.2, 0.25) is 0 Å². The van der Waals surface area contributed by atoms with Crippen LogP contribution in [0.25, 0.3) is 5.57 Å². The molecule has 0 saturated carbocycles. The number of carboxylic acid groups (broad SMARTS) is 1. The van der Waals surface area contributed by atoms with Gasteiger partial charge in [0.25, 0.3) is 0 Å². The fraction of sp³-hybridized carbons (Fsp3) is 0.174. The molecule has 1 aromatic heterocycles. The third-order valence-corrected chi connectivity index (χ3v) is 4.44. The lowest BCUT2D eigenvalue weighted by molar-refractivity contribution is 0.0696. The van der Waals surface area contributed by atoms with E-state index in [0.29, 0.717) is 0 Å². The largest absolute Gasteiger partial charge is 0.478 e. The molecular formula is C23H23N3O2. The van der Waals surface area contributed by atoms with Crippen LogP contribution in [0.4, 0.5) is 5.69 Å². The van der Waals surface area contributed by atoms with E-state index in [9.17, 15) is 4.79 Å². The maximum atomic E-state index is 11.2. The van der Waals surface area contributed by atoms with Gasteiger partial charge < -0.3 is 10.0 Å². The van der Waals surface area contributed by atoms with E-state index in [1.807, 2.05) is 50.2 Å². The minimum atomic E-state index is -0.985. The SMILES string of the molecule is CCN=C1C=CC(=C(c2ccc(N(C)C)cc2)c2ccc(C(=O)O)cn2)C=C1. The molecule has 1 aromatic carbocycles. The summed E-state index contributed by atoms with van der Waals surface area (Å²) in [7, 11) is 4.00. The maximum absolute atomic E-state index is 11.2. The third kappa shape index (κ3) is 4.26. The van der Waals surface area contributed by atoms with Crippen LogP contribution in [0, 0.1) is 0 Å². The van der Waals surface area contributed by atoms with Gasteiger partial charge in [0, 0.05) is 38.1 Å². The summed E-state index contributed by atoms with van der Waals surface area (Å²) in [5, 5.41) is 9.15. The number of rotatable bonds is 5. The van der Waals surface area contributed by atoms with E-state index in [1.54, 1.807) is 12.1 Å². The van der Waals surface area contributed by atoms with Gasteiger partial charge >= 0.3 is 5.97 Å². The highest BCUT2D eigenvalue weighted by molar-refractivity contribution is 6.07. The number of hydrogen-bond acceptors (Lipinski definition) is 4. The van der Waals surface area contributed by atoms with Crippen molar-refractivity contribution in [1.82, 2.24) is 4.98 Å². The Labute approximate surface area is 165 Å². The van der Waals surface area contributed by atoms with Crippen molar-refractivity contribution in [3.05, 3.63) is 89.3 Å². The minimum absolute atomic E-state index is 0.170. The van der Waals surface area contributed by atoms with Gasteiger partial charge in [-0.25, -0.2) is 4.79 Å². The van der Waals surface area contributed by atoms with Crippen molar-refractivity contribution in [2.45, 2.75) is 6.92 Å².